The Bertz CT molecular complexity index is 1690. The first-order chi connectivity index (χ1) is 18.0. The van der Waals surface area contributed by atoms with Gasteiger partial charge in [0.2, 0.25) is 5.76 Å². The van der Waals surface area contributed by atoms with Gasteiger partial charge in [-0.15, -0.1) is 0 Å². The van der Waals surface area contributed by atoms with Crippen LogP contribution in [0.5, 0.6) is 5.75 Å². The fourth-order valence-electron chi connectivity index (χ4n) is 4.79. The SMILES string of the molecule is Cc1cc2oc3c(c(=O)c2cc1C)[C@H](c1cccc(OCc2ccccc2)c1)N(c1ccccn1)C3=O. The van der Waals surface area contributed by atoms with Crippen LogP contribution in [-0.2, 0) is 6.61 Å². The van der Waals surface area contributed by atoms with Gasteiger partial charge < -0.3 is 9.15 Å². The van der Waals surface area contributed by atoms with Gasteiger partial charge in [0, 0.05) is 6.20 Å². The lowest BCUT2D eigenvalue weighted by Crippen LogP contribution is -2.30. The minimum absolute atomic E-state index is 0.0482. The molecule has 182 valence electrons. The molecule has 2 aromatic heterocycles. The van der Waals surface area contributed by atoms with Crippen LogP contribution in [-0.4, -0.2) is 10.9 Å². The third-order valence-corrected chi connectivity index (χ3v) is 6.80. The summed E-state index contributed by atoms with van der Waals surface area (Å²) in [5.74, 6) is 0.730. The third-order valence-electron chi connectivity index (χ3n) is 6.80. The van der Waals surface area contributed by atoms with Crippen LogP contribution in [0, 0.1) is 13.8 Å². The van der Waals surface area contributed by atoms with E-state index in [1.54, 1.807) is 18.3 Å². The first kappa shape index (κ1) is 22.7. The molecule has 1 aliphatic heterocycles. The smallest absolute Gasteiger partial charge is 0.296 e. The molecule has 37 heavy (non-hydrogen) atoms. The number of rotatable bonds is 5. The maximum atomic E-state index is 13.9. The van der Waals surface area contributed by atoms with Gasteiger partial charge in [0.15, 0.2) is 5.43 Å². The lowest BCUT2D eigenvalue weighted by atomic mass is 9.97. The number of hydrogen-bond donors (Lipinski definition) is 0. The van der Waals surface area contributed by atoms with Crippen molar-refractivity contribution < 1.29 is 13.9 Å². The van der Waals surface area contributed by atoms with Crippen molar-refractivity contribution >= 4 is 22.7 Å². The highest BCUT2D eigenvalue weighted by molar-refractivity contribution is 6.10. The number of aromatic nitrogens is 1. The van der Waals surface area contributed by atoms with Crippen LogP contribution >= 0.6 is 0 Å². The fourth-order valence-corrected chi connectivity index (χ4v) is 4.79. The summed E-state index contributed by atoms with van der Waals surface area (Å²) in [6.07, 6.45) is 1.63. The molecule has 3 heterocycles. The number of ether oxygens (including phenoxy) is 1. The van der Waals surface area contributed by atoms with E-state index in [0.717, 1.165) is 22.3 Å². The summed E-state index contributed by atoms with van der Waals surface area (Å²) in [6, 6.07) is 25.7. The molecule has 0 radical (unpaired) electrons. The minimum atomic E-state index is -0.708. The van der Waals surface area contributed by atoms with E-state index in [-0.39, 0.29) is 11.2 Å². The number of anilines is 1. The average Bonchev–Trinajstić information content (AvgIpc) is 3.22. The largest absolute Gasteiger partial charge is 0.489 e. The van der Waals surface area contributed by atoms with Crippen molar-refractivity contribution in [2.75, 3.05) is 4.90 Å². The molecule has 0 fully saturated rings. The Morgan fingerprint density at radius 1 is 0.892 bits per heavy atom. The molecule has 0 bridgehead atoms. The zero-order valence-corrected chi connectivity index (χ0v) is 20.5. The molecule has 3 aromatic carbocycles. The molecule has 6 heteroatoms. The summed E-state index contributed by atoms with van der Waals surface area (Å²) in [6.45, 7) is 4.31. The number of hydrogen-bond acceptors (Lipinski definition) is 5. The van der Waals surface area contributed by atoms with Crippen molar-refractivity contribution in [3.8, 4) is 5.75 Å². The number of fused-ring (bicyclic) bond motifs is 2. The van der Waals surface area contributed by atoms with Crippen LogP contribution in [0.4, 0.5) is 5.82 Å². The Kier molecular flexibility index (Phi) is 5.57. The highest BCUT2D eigenvalue weighted by Gasteiger charge is 2.44. The zero-order valence-electron chi connectivity index (χ0n) is 20.5. The molecular formula is C31H24N2O4. The van der Waals surface area contributed by atoms with E-state index in [4.69, 9.17) is 9.15 Å². The highest BCUT2D eigenvalue weighted by Crippen LogP contribution is 2.41. The highest BCUT2D eigenvalue weighted by atomic mass is 16.5. The van der Waals surface area contributed by atoms with E-state index < -0.39 is 11.9 Å². The van der Waals surface area contributed by atoms with E-state index in [1.807, 2.05) is 86.6 Å². The van der Waals surface area contributed by atoms with Crippen LogP contribution in [0.1, 0.15) is 44.4 Å². The van der Waals surface area contributed by atoms with Gasteiger partial charge >= 0.3 is 0 Å². The molecule has 0 saturated carbocycles. The lowest BCUT2D eigenvalue weighted by Gasteiger charge is -2.24. The van der Waals surface area contributed by atoms with Crippen molar-refractivity contribution in [3.05, 3.63) is 135 Å². The van der Waals surface area contributed by atoms with E-state index in [0.29, 0.717) is 34.7 Å². The van der Waals surface area contributed by atoms with Gasteiger partial charge in [-0.05, 0) is 72.5 Å². The normalized spacial score (nSPS) is 14.7. The van der Waals surface area contributed by atoms with E-state index in [2.05, 4.69) is 4.98 Å². The molecule has 1 amide bonds. The van der Waals surface area contributed by atoms with Crippen LogP contribution < -0.4 is 15.1 Å². The Morgan fingerprint density at radius 3 is 2.46 bits per heavy atom. The quantitative estimate of drug-likeness (QED) is 0.297. The van der Waals surface area contributed by atoms with E-state index >= 15 is 0 Å². The topological polar surface area (TPSA) is 72.6 Å². The Morgan fingerprint density at radius 2 is 1.68 bits per heavy atom. The number of aryl methyl sites for hydroxylation is 2. The molecule has 0 aliphatic carbocycles. The maximum Gasteiger partial charge on any atom is 0.296 e. The van der Waals surface area contributed by atoms with E-state index in [1.165, 1.54) is 4.90 Å². The van der Waals surface area contributed by atoms with Gasteiger partial charge in [-0.25, -0.2) is 4.98 Å². The molecule has 1 atom stereocenters. The van der Waals surface area contributed by atoms with Gasteiger partial charge in [-0.2, -0.15) is 0 Å². The van der Waals surface area contributed by atoms with Crippen LogP contribution in [0.3, 0.4) is 0 Å². The van der Waals surface area contributed by atoms with Gasteiger partial charge in [0.1, 0.15) is 23.8 Å². The monoisotopic (exact) mass is 488 g/mol. The summed E-state index contributed by atoms with van der Waals surface area (Å²) in [5, 5.41) is 0.457. The van der Waals surface area contributed by atoms with Gasteiger partial charge in [0.05, 0.1) is 17.0 Å². The second kappa shape index (κ2) is 9.06. The second-order valence-corrected chi connectivity index (χ2v) is 9.22. The Labute approximate surface area is 213 Å². The molecular weight excluding hydrogens is 464 g/mol. The number of carbonyl (C=O) groups excluding carboxylic acids is 1. The summed E-state index contributed by atoms with van der Waals surface area (Å²) in [7, 11) is 0. The molecule has 6 nitrogen and oxygen atoms in total. The van der Waals surface area contributed by atoms with E-state index in [9.17, 15) is 9.59 Å². The summed E-state index contributed by atoms with van der Waals surface area (Å²) >= 11 is 0. The Hall–Kier alpha value is -4.71. The summed E-state index contributed by atoms with van der Waals surface area (Å²) < 4.78 is 12.2. The number of pyridine rings is 1. The number of benzene rings is 3. The molecule has 6 rings (SSSR count). The van der Waals surface area contributed by atoms with Crippen molar-refractivity contribution in [2.45, 2.75) is 26.5 Å². The van der Waals surface area contributed by atoms with Crippen LogP contribution in [0.15, 0.2) is 100 Å². The van der Waals surface area contributed by atoms with Crippen LogP contribution in [0.2, 0.25) is 0 Å². The van der Waals surface area contributed by atoms with Gasteiger partial charge in [0.25, 0.3) is 5.91 Å². The molecule has 1 aliphatic rings. The van der Waals surface area contributed by atoms with Crippen molar-refractivity contribution in [1.29, 1.82) is 0 Å². The molecule has 5 aromatic rings. The molecule has 0 spiro atoms. The predicted octanol–water partition coefficient (Wildman–Crippen LogP) is 6.13. The molecule has 0 unspecified atom stereocenters. The van der Waals surface area contributed by atoms with Crippen molar-refractivity contribution in [1.82, 2.24) is 4.98 Å². The average molecular weight is 489 g/mol. The van der Waals surface area contributed by atoms with Gasteiger partial charge in [-0.3, -0.25) is 14.5 Å². The molecule has 0 N–H and O–H groups in total. The maximum absolute atomic E-state index is 13.9. The number of amides is 1. The van der Waals surface area contributed by atoms with Crippen molar-refractivity contribution in [2.24, 2.45) is 0 Å². The lowest BCUT2D eigenvalue weighted by molar-refractivity contribution is 0.0970. The Balaban J connectivity index is 1.50. The predicted molar refractivity (Wildman–Crippen MR) is 142 cm³/mol. The summed E-state index contributed by atoms with van der Waals surface area (Å²) in [4.78, 5) is 33.6. The first-order valence-corrected chi connectivity index (χ1v) is 12.1. The zero-order chi connectivity index (χ0) is 25.5. The first-order valence-electron chi connectivity index (χ1n) is 12.1. The second-order valence-electron chi connectivity index (χ2n) is 9.22. The van der Waals surface area contributed by atoms with Crippen molar-refractivity contribution in [3.63, 3.8) is 0 Å². The van der Waals surface area contributed by atoms with Gasteiger partial charge in [-0.1, -0.05) is 48.5 Å². The fraction of sp³-hybridized carbons (Fsp3) is 0.129. The third kappa shape index (κ3) is 3.96. The number of nitrogens with zero attached hydrogens (tertiary/aromatic N) is 2. The summed E-state index contributed by atoms with van der Waals surface area (Å²) in [5.41, 5.74) is 4.25. The minimum Gasteiger partial charge on any atom is -0.489 e. The standard InChI is InChI=1S/C31H24N2O4/c1-19-15-24-25(16-20(19)2)37-30-27(29(24)34)28(33(31(30)35)26-13-6-7-14-32-26)22-11-8-12-23(17-22)36-18-21-9-4-3-5-10-21/h3-17,28H,18H2,1-2H3/t28-/m0/s1. The van der Waals surface area contributed by atoms with Crippen LogP contribution in [0.25, 0.3) is 11.0 Å². The number of carbonyl (C=O) groups is 1. The molecule has 0 saturated heterocycles.